The Kier molecular flexibility index (Phi) is 28.4. The van der Waals surface area contributed by atoms with Crippen molar-refractivity contribution in [3.05, 3.63) is 36.0 Å². The van der Waals surface area contributed by atoms with Crippen molar-refractivity contribution in [2.24, 2.45) is 29.6 Å². The number of aliphatic hydroxyl groups excluding tert-OH is 1. The maximum atomic E-state index is 13.1. The van der Waals surface area contributed by atoms with Gasteiger partial charge in [0, 0.05) is 19.0 Å². The lowest BCUT2D eigenvalue weighted by Gasteiger charge is -2.32. The summed E-state index contributed by atoms with van der Waals surface area (Å²) in [5, 5.41) is 24.7. The third-order valence-electron chi connectivity index (χ3n) is 8.77. The Morgan fingerprint density at radius 2 is 1.49 bits per heavy atom. The van der Waals surface area contributed by atoms with Gasteiger partial charge in [-0.2, -0.15) is 11.8 Å². The van der Waals surface area contributed by atoms with Crippen LogP contribution in [0.1, 0.15) is 116 Å². The largest absolute Gasteiger partial charge is 0.444 e. The summed E-state index contributed by atoms with van der Waals surface area (Å²) in [6.45, 7) is 25.2. The number of ether oxygens (including phenoxy) is 1. The molecule has 12 nitrogen and oxygen atoms in total. The molecule has 1 unspecified atom stereocenters. The summed E-state index contributed by atoms with van der Waals surface area (Å²) >= 11 is 1.58. The standard InChI is InChI=1S/C24H46N4O5S.C10H21NO2.C8H10/c1-14(2)11-19(27-23(32)18(26-13-29)9-10-34-8)20(30)12-17(15(3)4)22(31)28-21(16(5)6)24(33)25-7;1-7(2)8(3)11-9(12)13-10(4,5)6;1-8-6-4-2-3-5-7-8/h13-21,30H,9-12H2,1-8H3,(H,25,33)(H,26,29)(H,27,32)(H,28,31);7-8H,1-6H3,(H,11,12);2-4,6-7H,5H2,1H3/t17?,18-,19-,20-,21-;8-;/m01./s1. The number of alkyl carbamates (subject to hydrolysis) is 1. The van der Waals surface area contributed by atoms with Gasteiger partial charge in [0.05, 0.1) is 12.1 Å². The molecule has 0 bridgehead atoms. The Bertz CT molecular complexity index is 1220. The molecule has 55 heavy (non-hydrogen) atoms. The summed E-state index contributed by atoms with van der Waals surface area (Å²) in [6.07, 6.45) is 13.9. The molecule has 1 aliphatic carbocycles. The zero-order valence-electron chi connectivity index (χ0n) is 36.6. The lowest BCUT2D eigenvalue weighted by Crippen LogP contribution is -2.54. The molecule has 0 spiro atoms. The molecule has 0 saturated carbocycles. The molecule has 13 heteroatoms. The smallest absolute Gasteiger partial charge is 0.407 e. The molecular formula is C42H77N5O7S. The summed E-state index contributed by atoms with van der Waals surface area (Å²) in [6, 6.07) is -1.79. The summed E-state index contributed by atoms with van der Waals surface area (Å²) in [5.41, 5.74) is 0.941. The van der Waals surface area contributed by atoms with Crippen molar-refractivity contribution in [1.29, 1.82) is 0 Å². The van der Waals surface area contributed by atoms with Crippen molar-refractivity contribution in [3.63, 3.8) is 0 Å². The lowest BCUT2D eigenvalue weighted by atomic mass is 9.85. The molecule has 0 saturated heterocycles. The summed E-state index contributed by atoms with van der Waals surface area (Å²) in [4.78, 5) is 60.3. The van der Waals surface area contributed by atoms with Crippen LogP contribution in [0, 0.1) is 29.6 Å². The fraction of sp³-hybridized carbons (Fsp3) is 0.738. The molecule has 0 aliphatic heterocycles. The summed E-state index contributed by atoms with van der Waals surface area (Å²) < 4.78 is 5.11. The average molecular weight is 796 g/mol. The number of allylic oxidation sites excluding steroid dienone is 6. The molecule has 318 valence electrons. The second-order valence-electron chi connectivity index (χ2n) is 16.5. The predicted octanol–water partition coefficient (Wildman–Crippen LogP) is 6.30. The Hall–Kier alpha value is -3.32. The van der Waals surface area contributed by atoms with Crippen LogP contribution in [0.3, 0.4) is 0 Å². The molecular weight excluding hydrogens is 719 g/mol. The highest BCUT2D eigenvalue weighted by Crippen LogP contribution is 2.22. The zero-order valence-corrected chi connectivity index (χ0v) is 37.4. The monoisotopic (exact) mass is 796 g/mol. The third-order valence-corrected chi connectivity index (χ3v) is 9.41. The van der Waals surface area contributed by atoms with E-state index in [9.17, 15) is 29.1 Å². The Balaban J connectivity index is 0. The van der Waals surface area contributed by atoms with Gasteiger partial charge in [-0.1, -0.05) is 91.3 Å². The van der Waals surface area contributed by atoms with E-state index in [2.05, 4.69) is 77.7 Å². The number of rotatable bonds is 19. The van der Waals surface area contributed by atoms with Crippen LogP contribution >= 0.6 is 11.8 Å². The number of hydrogen-bond acceptors (Lipinski definition) is 8. The van der Waals surface area contributed by atoms with E-state index in [1.54, 1.807) is 11.8 Å². The van der Waals surface area contributed by atoms with Crippen LogP contribution in [0.4, 0.5) is 4.79 Å². The molecule has 0 aromatic rings. The molecule has 0 radical (unpaired) electrons. The Labute approximate surface area is 337 Å². The van der Waals surface area contributed by atoms with Crippen molar-refractivity contribution in [1.82, 2.24) is 26.6 Å². The van der Waals surface area contributed by atoms with Crippen molar-refractivity contribution in [3.8, 4) is 0 Å². The van der Waals surface area contributed by atoms with Gasteiger partial charge in [-0.25, -0.2) is 4.79 Å². The van der Waals surface area contributed by atoms with Gasteiger partial charge in [0.15, 0.2) is 0 Å². The molecule has 6 N–H and O–H groups in total. The molecule has 6 atom stereocenters. The normalized spacial score (nSPS) is 15.7. The lowest BCUT2D eigenvalue weighted by molar-refractivity contribution is -0.133. The van der Waals surface area contributed by atoms with Crippen LogP contribution < -0.4 is 26.6 Å². The van der Waals surface area contributed by atoms with Crippen LogP contribution in [-0.2, 0) is 23.9 Å². The predicted molar refractivity (Wildman–Crippen MR) is 227 cm³/mol. The average Bonchev–Trinajstić information content (AvgIpc) is 3.33. The number of amides is 5. The van der Waals surface area contributed by atoms with E-state index in [-0.39, 0.29) is 54.0 Å². The van der Waals surface area contributed by atoms with E-state index >= 15 is 0 Å². The second-order valence-corrected chi connectivity index (χ2v) is 17.5. The van der Waals surface area contributed by atoms with Gasteiger partial charge in [0.25, 0.3) is 0 Å². The first-order valence-electron chi connectivity index (χ1n) is 19.7. The van der Waals surface area contributed by atoms with E-state index < -0.39 is 35.7 Å². The SMILES string of the molecule is CC(C)[C@@H](C)NC(=O)OC(C)(C)C.CC1=CCC=CC=C1.CNC(=O)[C@@H](NC(=O)C(C[C@H](O)[C@H](CC(C)C)NC(=O)[C@H](CCSC)NC=O)C(C)C)C(C)C. The van der Waals surface area contributed by atoms with Crippen molar-refractivity contribution in [2.45, 2.75) is 152 Å². The minimum atomic E-state index is -0.973. The number of aliphatic hydroxyl groups is 1. The van der Waals surface area contributed by atoms with Gasteiger partial charge in [-0.15, -0.1) is 0 Å². The number of carbonyl (C=O) groups excluding carboxylic acids is 5. The maximum Gasteiger partial charge on any atom is 0.407 e. The van der Waals surface area contributed by atoms with E-state index in [0.29, 0.717) is 30.9 Å². The van der Waals surface area contributed by atoms with Gasteiger partial charge >= 0.3 is 6.09 Å². The fourth-order valence-electron chi connectivity index (χ4n) is 5.12. The number of hydrogen-bond donors (Lipinski definition) is 6. The fourth-order valence-corrected chi connectivity index (χ4v) is 5.59. The minimum absolute atomic E-state index is 0.0893. The summed E-state index contributed by atoms with van der Waals surface area (Å²) in [5.74, 6) is -0.341. The molecule has 1 aliphatic rings. The van der Waals surface area contributed by atoms with E-state index in [1.807, 2.05) is 75.5 Å². The molecule has 0 fully saturated rings. The van der Waals surface area contributed by atoms with Crippen molar-refractivity contribution >= 4 is 42.0 Å². The van der Waals surface area contributed by atoms with E-state index in [1.165, 1.54) is 12.6 Å². The third kappa shape index (κ3) is 26.2. The first-order chi connectivity index (χ1) is 25.5. The number of nitrogens with one attached hydrogen (secondary N) is 5. The van der Waals surface area contributed by atoms with E-state index in [0.717, 1.165) is 6.42 Å². The summed E-state index contributed by atoms with van der Waals surface area (Å²) in [7, 11) is 1.53. The van der Waals surface area contributed by atoms with Crippen LogP contribution in [0.15, 0.2) is 36.0 Å². The number of thioether (sulfide) groups is 1. The van der Waals surface area contributed by atoms with Crippen LogP contribution in [0.25, 0.3) is 0 Å². The Morgan fingerprint density at radius 3 is 1.96 bits per heavy atom. The molecule has 0 aromatic heterocycles. The first-order valence-corrected chi connectivity index (χ1v) is 21.1. The second kappa shape index (κ2) is 29.0. The van der Waals surface area contributed by atoms with E-state index in [4.69, 9.17) is 4.74 Å². The van der Waals surface area contributed by atoms with Crippen molar-refractivity contribution < 1.29 is 33.8 Å². The van der Waals surface area contributed by atoms with Gasteiger partial charge in [0.2, 0.25) is 24.1 Å². The highest BCUT2D eigenvalue weighted by Gasteiger charge is 2.34. The quantitative estimate of drug-likeness (QED) is 0.0827. The zero-order chi connectivity index (χ0) is 42.9. The minimum Gasteiger partial charge on any atom is -0.444 e. The van der Waals surface area contributed by atoms with Gasteiger partial charge in [-0.05, 0) is 96.0 Å². The van der Waals surface area contributed by atoms with Crippen molar-refractivity contribution in [2.75, 3.05) is 19.1 Å². The van der Waals surface area contributed by atoms with Crippen LogP contribution in [-0.4, -0.2) is 90.3 Å². The highest BCUT2D eigenvalue weighted by molar-refractivity contribution is 7.98. The van der Waals surface area contributed by atoms with Crippen LogP contribution in [0.2, 0.25) is 0 Å². The maximum absolute atomic E-state index is 13.1. The van der Waals surface area contributed by atoms with Gasteiger partial charge in [-0.3, -0.25) is 19.2 Å². The number of likely N-dealkylation sites (N-methyl/N-ethyl adjacent to an activating group) is 1. The molecule has 0 aromatic carbocycles. The highest BCUT2D eigenvalue weighted by atomic mass is 32.2. The van der Waals surface area contributed by atoms with Gasteiger partial charge in [0.1, 0.15) is 17.7 Å². The van der Waals surface area contributed by atoms with Gasteiger partial charge < -0.3 is 36.4 Å². The molecule has 1 rings (SSSR count). The first kappa shape index (κ1) is 53.8. The molecule has 5 amide bonds. The topological polar surface area (TPSA) is 175 Å². The number of carbonyl (C=O) groups is 5. The molecule has 0 heterocycles. The van der Waals surface area contributed by atoms with Crippen LogP contribution in [0.5, 0.6) is 0 Å². The Morgan fingerprint density at radius 1 is 0.873 bits per heavy atom.